The van der Waals surface area contributed by atoms with E-state index in [1.54, 1.807) is 23.6 Å². The van der Waals surface area contributed by atoms with Gasteiger partial charge in [-0.05, 0) is 30.5 Å². The lowest BCUT2D eigenvalue weighted by atomic mass is 10.1. The number of anilines is 1. The molecule has 0 spiro atoms. The van der Waals surface area contributed by atoms with Crippen molar-refractivity contribution in [3.8, 4) is 10.4 Å². The molecule has 1 fully saturated rings. The number of thiophene rings is 1. The van der Waals surface area contributed by atoms with Gasteiger partial charge in [-0.1, -0.05) is 29.3 Å². The molecule has 1 aromatic heterocycles. The zero-order valence-corrected chi connectivity index (χ0v) is 13.6. The third-order valence-electron chi connectivity index (χ3n) is 3.39. The molecule has 114 valence electrons. The molecule has 1 amide bonds. The highest BCUT2D eigenvalue weighted by Crippen LogP contribution is 2.39. The number of benzene rings is 1. The number of rotatable bonds is 4. The third kappa shape index (κ3) is 2.97. The van der Waals surface area contributed by atoms with Crippen LogP contribution in [0.3, 0.4) is 0 Å². The van der Waals surface area contributed by atoms with E-state index < -0.39 is 5.97 Å². The summed E-state index contributed by atoms with van der Waals surface area (Å²) >= 11 is 13.1. The molecule has 3 rings (SSSR count). The predicted molar refractivity (Wildman–Crippen MR) is 88.1 cm³/mol. The van der Waals surface area contributed by atoms with E-state index in [1.165, 1.54) is 11.3 Å². The first-order valence-electron chi connectivity index (χ1n) is 6.58. The molecule has 2 aromatic rings. The van der Waals surface area contributed by atoms with E-state index in [1.807, 2.05) is 0 Å². The number of carbonyl (C=O) groups is 2. The van der Waals surface area contributed by atoms with Crippen molar-refractivity contribution in [1.29, 1.82) is 0 Å². The Kier molecular flexibility index (Phi) is 4.12. The summed E-state index contributed by atoms with van der Waals surface area (Å²) in [5.74, 6) is -1.20. The highest BCUT2D eigenvalue weighted by atomic mass is 35.5. The van der Waals surface area contributed by atoms with Crippen LogP contribution in [-0.2, 0) is 4.79 Å². The Morgan fingerprint density at radius 1 is 1.23 bits per heavy atom. The van der Waals surface area contributed by atoms with Gasteiger partial charge in [-0.3, -0.25) is 4.79 Å². The summed E-state index contributed by atoms with van der Waals surface area (Å²) < 4.78 is 0. The molecule has 1 saturated carbocycles. The zero-order chi connectivity index (χ0) is 15.9. The Morgan fingerprint density at radius 2 is 1.95 bits per heavy atom. The van der Waals surface area contributed by atoms with Crippen molar-refractivity contribution >= 4 is 52.1 Å². The lowest BCUT2D eigenvalue weighted by Crippen LogP contribution is -2.15. The van der Waals surface area contributed by atoms with Crippen LogP contribution in [0.2, 0.25) is 10.0 Å². The smallest absolute Gasteiger partial charge is 0.339 e. The van der Waals surface area contributed by atoms with E-state index in [-0.39, 0.29) is 17.4 Å². The molecule has 0 bridgehead atoms. The number of hydrogen-bond donors (Lipinski definition) is 2. The molecule has 0 radical (unpaired) electrons. The van der Waals surface area contributed by atoms with Crippen molar-refractivity contribution in [2.45, 2.75) is 12.8 Å². The van der Waals surface area contributed by atoms with E-state index in [0.29, 0.717) is 26.2 Å². The topological polar surface area (TPSA) is 66.4 Å². The third-order valence-corrected chi connectivity index (χ3v) is 5.16. The Morgan fingerprint density at radius 3 is 2.55 bits per heavy atom. The predicted octanol–water partition coefficient (Wildman–Crippen LogP) is 4.77. The van der Waals surface area contributed by atoms with Gasteiger partial charge in [-0.25, -0.2) is 4.79 Å². The molecular formula is C15H11Cl2NO3S. The Labute approximate surface area is 140 Å². The number of carbonyl (C=O) groups excluding carboxylic acids is 1. The highest BCUT2D eigenvalue weighted by Gasteiger charge is 2.31. The Balaban J connectivity index is 2.00. The van der Waals surface area contributed by atoms with Gasteiger partial charge in [0.25, 0.3) is 0 Å². The van der Waals surface area contributed by atoms with E-state index in [4.69, 9.17) is 23.2 Å². The van der Waals surface area contributed by atoms with Crippen LogP contribution in [0.4, 0.5) is 5.69 Å². The molecule has 22 heavy (non-hydrogen) atoms. The summed E-state index contributed by atoms with van der Waals surface area (Å²) in [7, 11) is 0. The van der Waals surface area contributed by atoms with Crippen molar-refractivity contribution in [1.82, 2.24) is 0 Å². The van der Waals surface area contributed by atoms with Crippen LogP contribution in [0.15, 0.2) is 23.6 Å². The number of carboxylic acid groups (broad SMARTS) is 1. The second-order valence-corrected chi connectivity index (χ2v) is 6.75. The first-order valence-corrected chi connectivity index (χ1v) is 8.22. The van der Waals surface area contributed by atoms with E-state index in [2.05, 4.69) is 5.32 Å². The first-order chi connectivity index (χ1) is 10.5. The van der Waals surface area contributed by atoms with Crippen LogP contribution < -0.4 is 5.32 Å². The van der Waals surface area contributed by atoms with Gasteiger partial charge in [-0.15, -0.1) is 11.3 Å². The molecule has 2 N–H and O–H groups in total. The van der Waals surface area contributed by atoms with Crippen LogP contribution in [0.5, 0.6) is 0 Å². The van der Waals surface area contributed by atoms with Gasteiger partial charge < -0.3 is 10.4 Å². The fourth-order valence-electron chi connectivity index (χ4n) is 2.09. The fourth-order valence-corrected chi connectivity index (χ4v) is 3.38. The molecule has 4 nitrogen and oxygen atoms in total. The molecule has 0 saturated heterocycles. The number of halogens is 2. The van der Waals surface area contributed by atoms with Gasteiger partial charge in [0.1, 0.15) is 5.56 Å². The molecule has 1 aliphatic carbocycles. The number of hydrogen-bond acceptors (Lipinski definition) is 3. The lowest BCUT2D eigenvalue weighted by molar-refractivity contribution is -0.117. The first kappa shape index (κ1) is 15.3. The zero-order valence-electron chi connectivity index (χ0n) is 11.2. The molecular weight excluding hydrogens is 345 g/mol. The Bertz CT molecular complexity index is 768. The normalized spacial score (nSPS) is 13.9. The van der Waals surface area contributed by atoms with Crippen LogP contribution in [0, 0.1) is 5.92 Å². The summed E-state index contributed by atoms with van der Waals surface area (Å²) in [5.41, 5.74) is 1.07. The molecule has 0 atom stereocenters. The standard InChI is InChI=1S/C15H11Cl2NO3S/c16-9-4-3-8(5-10(9)17)13-12(15(20)21)11(6-22-13)18-14(19)7-1-2-7/h3-7H,1-2H2,(H,18,19)(H,20,21). The minimum absolute atomic E-state index is 0.00923. The minimum atomic E-state index is -1.09. The summed E-state index contributed by atoms with van der Waals surface area (Å²) in [4.78, 5) is 24.0. The second-order valence-electron chi connectivity index (χ2n) is 5.05. The Hall–Kier alpha value is -1.56. The maximum Gasteiger partial charge on any atom is 0.339 e. The number of carboxylic acids is 1. The summed E-state index contributed by atoms with van der Waals surface area (Å²) in [6.45, 7) is 0. The highest BCUT2D eigenvalue weighted by molar-refractivity contribution is 7.14. The van der Waals surface area contributed by atoms with Crippen LogP contribution in [-0.4, -0.2) is 17.0 Å². The van der Waals surface area contributed by atoms with Crippen molar-refractivity contribution in [2.24, 2.45) is 5.92 Å². The van der Waals surface area contributed by atoms with Gasteiger partial charge in [0.2, 0.25) is 5.91 Å². The maximum absolute atomic E-state index is 11.9. The number of amides is 1. The average Bonchev–Trinajstić information content (AvgIpc) is 3.23. The maximum atomic E-state index is 11.9. The van der Waals surface area contributed by atoms with E-state index in [0.717, 1.165) is 12.8 Å². The second kappa shape index (κ2) is 5.91. The van der Waals surface area contributed by atoms with Gasteiger partial charge in [0.05, 0.1) is 20.6 Å². The van der Waals surface area contributed by atoms with Crippen LogP contribution in [0.1, 0.15) is 23.2 Å². The summed E-state index contributed by atoms with van der Waals surface area (Å²) in [6, 6.07) is 4.95. The SMILES string of the molecule is O=C(O)c1c(NC(=O)C2CC2)csc1-c1ccc(Cl)c(Cl)c1. The van der Waals surface area contributed by atoms with Crippen LogP contribution >= 0.6 is 34.5 Å². The molecule has 1 aliphatic rings. The molecule has 1 aromatic carbocycles. The number of aromatic carboxylic acids is 1. The monoisotopic (exact) mass is 355 g/mol. The minimum Gasteiger partial charge on any atom is -0.478 e. The van der Waals surface area contributed by atoms with Gasteiger partial charge in [0.15, 0.2) is 0 Å². The number of nitrogens with one attached hydrogen (secondary N) is 1. The van der Waals surface area contributed by atoms with E-state index >= 15 is 0 Å². The van der Waals surface area contributed by atoms with Crippen LogP contribution in [0.25, 0.3) is 10.4 Å². The summed E-state index contributed by atoms with van der Waals surface area (Å²) in [5, 5.41) is 14.6. The van der Waals surface area contributed by atoms with Crippen molar-refractivity contribution in [3.05, 3.63) is 39.2 Å². The largest absolute Gasteiger partial charge is 0.478 e. The molecule has 0 aliphatic heterocycles. The van der Waals surface area contributed by atoms with Gasteiger partial charge in [0, 0.05) is 11.3 Å². The fraction of sp³-hybridized carbons (Fsp3) is 0.200. The lowest BCUT2D eigenvalue weighted by Gasteiger charge is -2.06. The molecule has 1 heterocycles. The summed E-state index contributed by atoms with van der Waals surface area (Å²) in [6.07, 6.45) is 1.72. The van der Waals surface area contributed by atoms with E-state index in [9.17, 15) is 14.7 Å². The van der Waals surface area contributed by atoms with Gasteiger partial charge in [-0.2, -0.15) is 0 Å². The van der Waals surface area contributed by atoms with Crippen molar-refractivity contribution in [3.63, 3.8) is 0 Å². The van der Waals surface area contributed by atoms with Gasteiger partial charge >= 0.3 is 5.97 Å². The average molecular weight is 356 g/mol. The van der Waals surface area contributed by atoms with Crippen molar-refractivity contribution < 1.29 is 14.7 Å². The molecule has 0 unspecified atom stereocenters. The van der Waals surface area contributed by atoms with Crippen molar-refractivity contribution in [2.75, 3.05) is 5.32 Å². The quantitative estimate of drug-likeness (QED) is 0.829. The molecule has 7 heteroatoms.